The number of nitro groups is 1. The molecule has 0 bridgehead atoms. The number of phenols is 1. The second-order valence-electron chi connectivity index (χ2n) is 4.45. The van der Waals surface area contributed by atoms with E-state index >= 15 is 0 Å². The summed E-state index contributed by atoms with van der Waals surface area (Å²) in [5, 5.41) is 20.1. The van der Waals surface area contributed by atoms with E-state index in [1.165, 1.54) is 6.07 Å². The Hall–Kier alpha value is -2.11. The van der Waals surface area contributed by atoms with Gasteiger partial charge in [0, 0.05) is 24.2 Å². The number of benzene rings is 1. The minimum atomic E-state index is -0.679. The Morgan fingerprint density at radius 3 is 2.78 bits per heavy atom. The molecule has 1 fully saturated rings. The van der Waals surface area contributed by atoms with Crippen molar-refractivity contribution in [1.82, 2.24) is 4.90 Å². The minimum Gasteiger partial charge on any atom is -0.502 e. The van der Waals surface area contributed by atoms with Gasteiger partial charge in [0.05, 0.1) is 4.92 Å². The van der Waals surface area contributed by atoms with Crippen LogP contribution in [0.4, 0.5) is 5.69 Å². The second-order valence-corrected chi connectivity index (χ2v) is 4.45. The third-order valence-electron chi connectivity index (χ3n) is 3.23. The molecule has 1 atom stereocenters. The number of amides is 1. The van der Waals surface area contributed by atoms with Crippen molar-refractivity contribution in [3.8, 4) is 5.75 Å². The highest BCUT2D eigenvalue weighted by Gasteiger charge is 2.27. The van der Waals surface area contributed by atoms with Crippen molar-refractivity contribution in [2.24, 2.45) is 0 Å². The lowest BCUT2D eigenvalue weighted by atomic mass is 10.1. The van der Waals surface area contributed by atoms with Gasteiger partial charge in [0.2, 0.25) is 0 Å². The van der Waals surface area contributed by atoms with Crippen molar-refractivity contribution in [1.29, 1.82) is 0 Å². The monoisotopic (exact) mass is 250 g/mol. The molecule has 0 saturated carbocycles. The Bertz CT molecular complexity index is 501. The minimum absolute atomic E-state index is 0.176. The molecule has 1 heterocycles. The highest BCUT2D eigenvalue weighted by atomic mass is 16.6. The van der Waals surface area contributed by atoms with Crippen molar-refractivity contribution in [2.75, 3.05) is 6.54 Å². The third-order valence-corrected chi connectivity index (χ3v) is 3.23. The number of hydrogen-bond acceptors (Lipinski definition) is 4. The van der Waals surface area contributed by atoms with Crippen molar-refractivity contribution in [2.45, 2.75) is 25.8 Å². The lowest BCUT2D eigenvalue weighted by Crippen LogP contribution is -2.33. The van der Waals surface area contributed by atoms with Crippen molar-refractivity contribution < 1.29 is 14.8 Å². The molecule has 1 unspecified atom stereocenters. The van der Waals surface area contributed by atoms with Crippen LogP contribution < -0.4 is 0 Å². The van der Waals surface area contributed by atoms with E-state index in [0.717, 1.165) is 25.0 Å². The van der Waals surface area contributed by atoms with Gasteiger partial charge in [-0.3, -0.25) is 14.9 Å². The van der Waals surface area contributed by atoms with E-state index in [9.17, 15) is 20.0 Å². The largest absolute Gasteiger partial charge is 0.502 e. The molecule has 0 aromatic heterocycles. The third kappa shape index (κ3) is 2.13. The van der Waals surface area contributed by atoms with Crippen LogP contribution in [0.25, 0.3) is 0 Å². The van der Waals surface area contributed by atoms with Crippen LogP contribution >= 0.6 is 0 Å². The molecule has 1 aromatic carbocycles. The first-order chi connectivity index (χ1) is 8.50. The molecule has 1 saturated heterocycles. The Kier molecular flexibility index (Phi) is 3.18. The molecule has 18 heavy (non-hydrogen) atoms. The molecule has 6 nitrogen and oxygen atoms in total. The first kappa shape index (κ1) is 12.3. The van der Waals surface area contributed by atoms with Gasteiger partial charge in [-0.2, -0.15) is 0 Å². The zero-order valence-electron chi connectivity index (χ0n) is 10.00. The fourth-order valence-corrected chi connectivity index (χ4v) is 2.21. The number of hydrogen-bond donors (Lipinski definition) is 1. The normalized spacial score (nSPS) is 18.9. The first-order valence-corrected chi connectivity index (χ1v) is 5.79. The van der Waals surface area contributed by atoms with E-state index in [1.54, 1.807) is 4.90 Å². The molecular formula is C12H14N2O4. The van der Waals surface area contributed by atoms with Gasteiger partial charge < -0.3 is 10.0 Å². The summed E-state index contributed by atoms with van der Waals surface area (Å²) < 4.78 is 0. The van der Waals surface area contributed by atoms with Gasteiger partial charge in [-0.1, -0.05) is 0 Å². The number of nitro benzene ring substituents is 1. The van der Waals surface area contributed by atoms with E-state index in [0.29, 0.717) is 6.54 Å². The Morgan fingerprint density at radius 1 is 1.56 bits per heavy atom. The van der Waals surface area contributed by atoms with Crippen LogP contribution in [0.2, 0.25) is 0 Å². The molecule has 1 aliphatic heterocycles. The summed E-state index contributed by atoms with van der Waals surface area (Å²) in [7, 11) is 0. The molecular weight excluding hydrogens is 236 g/mol. The van der Waals surface area contributed by atoms with E-state index in [1.807, 2.05) is 6.92 Å². The van der Waals surface area contributed by atoms with Crippen LogP contribution in [-0.2, 0) is 0 Å². The Labute approximate surface area is 104 Å². The number of nitrogens with zero attached hydrogens (tertiary/aromatic N) is 2. The quantitative estimate of drug-likeness (QED) is 0.642. The predicted molar refractivity (Wildman–Crippen MR) is 64.5 cm³/mol. The zero-order chi connectivity index (χ0) is 13.3. The maximum Gasteiger partial charge on any atom is 0.310 e. The lowest BCUT2D eigenvalue weighted by molar-refractivity contribution is -0.385. The Balaban J connectivity index is 2.26. The number of aromatic hydroxyl groups is 1. The molecule has 96 valence electrons. The maximum absolute atomic E-state index is 12.1. The molecule has 1 aromatic rings. The van der Waals surface area contributed by atoms with Gasteiger partial charge in [0.25, 0.3) is 5.91 Å². The maximum atomic E-state index is 12.1. The topological polar surface area (TPSA) is 83.7 Å². The SMILES string of the molecule is CC1CCCN1C(=O)c1ccc([N+](=O)[O-])c(O)c1. The summed E-state index contributed by atoms with van der Waals surface area (Å²) in [5.74, 6) is -0.664. The first-order valence-electron chi connectivity index (χ1n) is 5.79. The van der Waals surface area contributed by atoms with Gasteiger partial charge in [-0.25, -0.2) is 0 Å². The van der Waals surface area contributed by atoms with Gasteiger partial charge >= 0.3 is 5.69 Å². The van der Waals surface area contributed by atoms with E-state index in [4.69, 9.17) is 0 Å². The molecule has 6 heteroatoms. The average Bonchev–Trinajstić information content (AvgIpc) is 2.74. The zero-order valence-corrected chi connectivity index (χ0v) is 10.00. The van der Waals surface area contributed by atoms with Crippen LogP contribution in [0.1, 0.15) is 30.1 Å². The van der Waals surface area contributed by atoms with Crippen molar-refractivity contribution in [3.63, 3.8) is 0 Å². The highest BCUT2D eigenvalue weighted by molar-refractivity contribution is 5.95. The van der Waals surface area contributed by atoms with Gasteiger partial charge in [-0.05, 0) is 31.9 Å². The number of likely N-dealkylation sites (tertiary alicyclic amines) is 1. The number of carbonyl (C=O) groups excluding carboxylic acids is 1. The van der Waals surface area contributed by atoms with Crippen LogP contribution in [-0.4, -0.2) is 33.4 Å². The van der Waals surface area contributed by atoms with E-state index in [-0.39, 0.29) is 23.2 Å². The molecule has 1 aliphatic rings. The van der Waals surface area contributed by atoms with Gasteiger partial charge in [-0.15, -0.1) is 0 Å². The summed E-state index contributed by atoms with van der Waals surface area (Å²) >= 11 is 0. The van der Waals surface area contributed by atoms with Crippen LogP contribution in [0.3, 0.4) is 0 Å². The predicted octanol–water partition coefficient (Wildman–Crippen LogP) is 1.92. The molecule has 1 amide bonds. The van der Waals surface area contributed by atoms with Gasteiger partial charge in [0.15, 0.2) is 5.75 Å². The van der Waals surface area contributed by atoms with Crippen molar-refractivity contribution >= 4 is 11.6 Å². The second kappa shape index (κ2) is 4.64. The fraction of sp³-hybridized carbons (Fsp3) is 0.417. The van der Waals surface area contributed by atoms with Crippen LogP contribution in [0.5, 0.6) is 5.75 Å². The van der Waals surface area contributed by atoms with E-state index < -0.39 is 10.7 Å². The summed E-state index contributed by atoms with van der Waals surface area (Å²) in [6.45, 7) is 2.66. The summed E-state index contributed by atoms with van der Waals surface area (Å²) in [6, 6.07) is 3.87. The smallest absolute Gasteiger partial charge is 0.310 e. The van der Waals surface area contributed by atoms with Crippen LogP contribution in [0, 0.1) is 10.1 Å². The van der Waals surface area contributed by atoms with Crippen molar-refractivity contribution in [3.05, 3.63) is 33.9 Å². The molecule has 0 aliphatic carbocycles. The Morgan fingerprint density at radius 2 is 2.28 bits per heavy atom. The number of phenolic OH excluding ortho intramolecular Hbond substituents is 1. The molecule has 0 radical (unpaired) electrons. The fourth-order valence-electron chi connectivity index (χ4n) is 2.21. The summed E-state index contributed by atoms with van der Waals surface area (Å²) in [6.07, 6.45) is 1.93. The lowest BCUT2D eigenvalue weighted by Gasteiger charge is -2.21. The average molecular weight is 250 g/mol. The van der Waals surface area contributed by atoms with Gasteiger partial charge in [0.1, 0.15) is 0 Å². The van der Waals surface area contributed by atoms with E-state index in [2.05, 4.69) is 0 Å². The highest BCUT2D eigenvalue weighted by Crippen LogP contribution is 2.28. The number of carbonyl (C=O) groups is 1. The molecule has 1 N–H and O–H groups in total. The standard InChI is InChI=1S/C12H14N2O4/c1-8-3-2-6-13(8)12(16)9-4-5-10(14(17)18)11(15)7-9/h4-5,7-8,15H,2-3,6H2,1H3. The van der Waals surface area contributed by atoms with Crippen LogP contribution in [0.15, 0.2) is 18.2 Å². The summed E-state index contributed by atoms with van der Waals surface area (Å²) in [4.78, 5) is 23.7. The molecule has 0 spiro atoms. The molecule has 2 rings (SSSR count). The summed E-state index contributed by atoms with van der Waals surface area (Å²) in [5.41, 5.74) is -0.104. The number of rotatable bonds is 2.